The summed E-state index contributed by atoms with van der Waals surface area (Å²) in [7, 11) is 0. The fourth-order valence-electron chi connectivity index (χ4n) is 3.79. The van der Waals surface area contributed by atoms with Crippen molar-refractivity contribution in [3.05, 3.63) is 65.0 Å². The summed E-state index contributed by atoms with van der Waals surface area (Å²) in [5, 5.41) is 12.0. The van der Waals surface area contributed by atoms with Crippen LogP contribution in [0.2, 0.25) is 0 Å². The molecule has 7 heteroatoms. The van der Waals surface area contributed by atoms with Gasteiger partial charge in [0, 0.05) is 31.7 Å². The molecule has 32 heavy (non-hydrogen) atoms. The Bertz CT molecular complexity index is 1030. The molecule has 0 bridgehead atoms. The van der Waals surface area contributed by atoms with E-state index in [4.69, 9.17) is 0 Å². The third-order valence-corrected chi connectivity index (χ3v) is 5.77. The zero-order chi connectivity index (χ0) is 23.5. The summed E-state index contributed by atoms with van der Waals surface area (Å²) in [5.74, 6) is -0.997. The first kappa shape index (κ1) is 23.3. The summed E-state index contributed by atoms with van der Waals surface area (Å²) in [4.78, 5) is 29.0. The van der Waals surface area contributed by atoms with Gasteiger partial charge < -0.3 is 15.1 Å². The summed E-state index contributed by atoms with van der Waals surface area (Å²) in [6.07, 6.45) is 0. The number of nitriles is 1. The summed E-state index contributed by atoms with van der Waals surface area (Å²) in [6.45, 7) is 9.84. The molecule has 2 aromatic rings. The number of piperazine rings is 1. The monoisotopic (exact) mass is 436 g/mol. The number of carbonyl (C=O) groups is 2. The fraction of sp³-hybridized carbons (Fsp3) is 0.400. The second-order valence-corrected chi connectivity index (χ2v) is 9.08. The molecule has 0 aromatic heterocycles. The van der Waals surface area contributed by atoms with Gasteiger partial charge in [0.1, 0.15) is 23.5 Å². The number of hydrogen-bond acceptors (Lipinski definition) is 4. The minimum Gasteiger partial charge on any atom is -0.367 e. The van der Waals surface area contributed by atoms with Gasteiger partial charge in [0.15, 0.2) is 0 Å². The average Bonchev–Trinajstić information content (AvgIpc) is 2.78. The smallest absolute Gasteiger partial charge is 0.251 e. The molecule has 1 heterocycles. The predicted molar refractivity (Wildman–Crippen MR) is 122 cm³/mol. The van der Waals surface area contributed by atoms with Gasteiger partial charge in [-0.25, -0.2) is 4.39 Å². The Labute approximate surface area is 188 Å². The van der Waals surface area contributed by atoms with Crippen molar-refractivity contribution >= 4 is 17.5 Å². The van der Waals surface area contributed by atoms with Crippen LogP contribution >= 0.6 is 0 Å². The number of halogens is 1. The van der Waals surface area contributed by atoms with Gasteiger partial charge in [-0.05, 0) is 42.2 Å². The van der Waals surface area contributed by atoms with E-state index in [1.807, 2.05) is 23.1 Å². The number of amides is 2. The van der Waals surface area contributed by atoms with E-state index >= 15 is 0 Å². The molecule has 6 nitrogen and oxygen atoms in total. The zero-order valence-electron chi connectivity index (χ0n) is 19.0. The highest BCUT2D eigenvalue weighted by Gasteiger charge is 2.27. The predicted octanol–water partition coefficient (Wildman–Crippen LogP) is 3.46. The minimum absolute atomic E-state index is 0.0000676. The lowest BCUT2D eigenvalue weighted by atomic mass is 9.86. The van der Waals surface area contributed by atoms with Gasteiger partial charge in [0.25, 0.3) is 5.91 Å². The van der Waals surface area contributed by atoms with Crippen LogP contribution in [0.5, 0.6) is 0 Å². The van der Waals surface area contributed by atoms with E-state index in [0.29, 0.717) is 37.4 Å². The molecule has 1 fully saturated rings. The molecule has 2 amide bonds. The molecular formula is C25H29FN4O2. The van der Waals surface area contributed by atoms with Gasteiger partial charge in [-0.1, -0.05) is 39.0 Å². The Hall–Kier alpha value is -3.40. The van der Waals surface area contributed by atoms with E-state index in [9.17, 15) is 19.2 Å². The third-order valence-electron chi connectivity index (χ3n) is 5.77. The highest BCUT2D eigenvalue weighted by Crippen LogP contribution is 2.24. The lowest BCUT2D eigenvalue weighted by molar-refractivity contribution is -0.133. The van der Waals surface area contributed by atoms with E-state index < -0.39 is 11.9 Å². The maximum atomic E-state index is 13.9. The lowest BCUT2D eigenvalue weighted by Crippen LogP contribution is -2.54. The van der Waals surface area contributed by atoms with Crippen LogP contribution in [0, 0.1) is 17.1 Å². The number of rotatable bonds is 4. The van der Waals surface area contributed by atoms with Crippen LogP contribution in [-0.2, 0) is 10.2 Å². The number of anilines is 1. The van der Waals surface area contributed by atoms with Crippen LogP contribution < -0.4 is 10.2 Å². The summed E-state index contributed by atoms with van der Waals surface area (Å²) >= 11 is 0. The van der Waals surface area contributed by atoms with Crippen molar-refractivity contribution in [2.24, 2.45) is 0 Å². The number of hydrogen-bond donors (Lipinski definition) is 1. The molecule has 0 saturated carbocycles. The second kappa shape index (κ2) is 9.39. The van der Waals surface area contributed by atoms with Gasteiger partial charge >= 0.3 is 0 Å². The van der Waals surface area contributed by atoms with Crippen LogP contribution in [0.4, 0.5) is 10.1 Å². The molecule has 0 spiro atoms. The second-order valence-electron chi connectivity index (χ2n) is 9.08. The quantitative estimate of drug-likeness (QED) is 0.796. The minimum atomic E-state index is -0.666. The molecule has 1 aliphatic rings. The standard InChI is InChI=1S/C25H29FN4O2/c1-17(28-23(31)18-8-10-19(11-9-18)25(2,3)4)24(32)30-14-12-29(13-15-30)22-7-5-6-21(26)20(22)16-27/h5-11,17H,12-15H2,1-4H3,(H,28,31). The van der Waals surface area contributed by atoms with Gasteiger partial charge in [0.2, 0.25) is 5.91 Å². The molecule has 168 valence electrons. The Balaban J connectivity index is 1.58. The highest BCUT2D eigenvalue weighted by atomic mass is 19.1. The number of benzene rings is 2. The van der Waals surface area contributed by atoms with Crippen LogP contribution in [0.25, 0.3) is 0 Å². The van der Waals surface area contributed by atoms with Crippen molar-refractivity contribution in [3.8, 4) is 6.07 Å². The van der Waals surface area contributed by atoms with E-state index in [1.165, 1.54) is 6.07 Å². The highest BCUT2D eigenvalue weighted by molar-refractivity contribution is 5.97. The number of carbonyl (C=O) groups excluding carboxylic acids is 2. The van der Waals surface area contributed by atoms with Crippen molar-refractivity contribution in [2.75, 3.05) is 31.1 Å². The topological polar surface area (TPSA) is 76.4 Å². The Morgan fingerprint density at radius 2 is 1.69 bits per heavy atom. The van der Waals surface area contributed by atoms with E-state index in [-0.39, 0.29) is 22.8 Å². The first-order valence-corrected chi connectivity index (χ1v) is 10.8. The molecule has 3 rings (SSSR count). The third kappa shape index (κ3) is 5.08. The normalized spacial score (nSPS) is 15.1. The van der Waals surface area contributed by atoms with Crippen molar-refractivity contribution in [1.82, 2.24) is 10.2 Å². The molecular weight excluding hydrogens is 407 g/mol. The first-order chi connectivity index (χ1) is 15.1. The van der Waals surface area contributed by atoms with Crippen molar-refractivity contribution in [2.45, 2.75) is 39.2 Å². The van der Waals surface area contributed by atoms with Crippen molar-refractivity contribution in [3.63, 3.8) is 0 Å². The first-order valence-electron chi connectivity index (χ1n) is 10.8. The molecule has 1 unspecified atom stereocenters. The maximum Gasteiger partial charge on any atom is 0.251 e. The Morgan fingerprint density at radius 1 is 1.06 bits per heavy atom. The maximum absolute atomic E-state index is 13.9. The summed E-state index contributed by atoms with van der Waals surface area (Å²) in [5.41, 5.74) is 2.21. The van der Waals surface area contributed by atoms with Gasteiger partial charge in [-0.15, -0.1) is 0 Å². The Morgan fingerprint density at radius 3 is 2.25 bits per heavy atom. The Kier molecular flexibility index (Phi) is 6.83. The van der Waals surface area contributed by atoms with Crippen LogP contribution in [0.3, 0.4) is 0 Å². The van der Waals surface area contributed by atoms with E-state index in [2.05, 4.69) is 26.1 Å². The molecule has 0 aliphatic carbocycles. The average molecular weight is 437 g/mol. The van der Waals surface area contributed by atoms with E-state index in [0.717, 1.165) is 5.56 Å². The SMILES string of the molecule is CC(NC(=O)c1ccc(C(C)(C)C)cc1)C(=O)N1CCN(c2cccc(F)c2C#N)CC1. The molecule has 2 aromatic carbocycles. The molecule has 1 aliphatic heterocycles. The van der Waals surface area contributed by atoms with Crippen LogP contribution in [0.1, 0.15) is 49.2 Å². The van der Waals surface area contributed by atoms with Gasteiger partial charge in [0.05, 0.1) is 5.69 Å². The number of nitrogens with one attached hydrogen (secondary N) is 1. The fourth-order valence-corrected chi connectivity index (χ4v) is 3.79. The van der Waals surface area contributed by atoms with E-state index in [1.54, 1.807) is 36.1 Å². The molecule has 1 atom stereocenters. The summed E-state index contributed by atoms with van der Waals surface area (Å²) in [6, 6.07) is 13.2. The summed E-state index contributed by atoms with van der Waals surface area (Å²) < 4.78 is 13.9. The molecule has 0 radical (unpaired) electrons. The molecule has 1 saturated heterocycles. The largest absolute Gasteiger partial charge is 0.367 e. The lowest BCUT2D eigenvalue weighted by Gasteiger charge is -2.37. The van der Waals surface area contributed by atoms with Crippen LogP contribution in [-0.4, -0.2) is 48.9 Å². The number of nitrogens with zero attached hydrogens (tertiary/aromatic N) is 3. The van der Waals surface area contributed by atoms with Crippen LogP contribution in [0.15, 0.2) is 42.5 Å². The van der Waals surface area contributed by atoms with Crippen molar-refractivity contribution < 1.29 is 14.0 Å². The molecule has 1 N–H and O–H groups in total. The van der Waals surface area contributed by atoms with Crippen molar-refractivity contribution in [1.29, 1.82) is 5.26 Å². The van der Waals surface area contributed by atoms with Gasteiger partial charge in [-0.2, -0.15) is 5.26 Å². The van der Waals surface area contributed by atoms with Gasteiger partial charge in [-0.3, -0.25) is 9.59 Å². The zero-order valence-corrected chi connectivity index (χ0v) is 19.0.